The normalized spacial score (nSPS) is 8.00. The second kappa shape index (κ2) is 3.24. The first-order valence-corrected chi connectivity index (χ1v) is 2.01. The monoisotopic (exact) mass is 139 g/mol. The predicted molar refractivity (Wildman–Crippen MR) is 24.8 cm³/mol. The zero-order chi connectivity index (χ0) is 5.28. The van der Waals surface area contributed by atoms with Crippen LogP contribution in [0.25, 0.3) is 0 Å². The molecule has 0 radical (unpaired) electrons. The van der Waals surface area contributed by atoms with Crippen LogP contribution in [0.4, 0.5) is 0 Å². The van der Waals surface area contributed by atoms with Gasteiger partial charge in [0.05, 0.1) is 0 Å². The van der Waals surface area contributed by atoms with Crippen molar-refractivity contribution in [2.75, 3.05) is 0 Å². The molecule has 0 spiro atoms. The average Bonchev–Trinajstić information content (AvgIpc) is 1.87. The Kier molecular flexibility index (Phi) is 3.30. The van der Waals surface area contributed by atoms with Gasteiger partial charge in [-0.05, 0) is 0 Å². The topological polar surface area (TPSA) is 61.5 Å². The molecule has 1 aromatic heterocycles. The standard InChI is InChI=1S/C2H3N3OS.Na/c6-1-3-2(7)5-4-1;/h(H3,3,4,5,6,7);/q;+1/p-1. The quantitative estimate of drug-likeness (QED) is 0.284. The van der Waals surface area contributed by atoms with Crippen LogP contribution in [0.2, 0.25) is 0 Å². The summed E-state index contributed by atoms with van der Waals surface area (Å²) in [5.74, 6) is 0. The van der Waals surface area contributed by atoms with Crippen LogP contribution in [0.3, 0.4) is 0 Å². The van der Waals surface area contributed by atoms with E-state index in [0.29, 0.717) is 0 Å². The van der Waals surface area contributed by atoms with Gasteiger partial charge in [-0.2, -0.15) is 5.10 Å². The Hall–Kier alpha value is 0.160. The Labute approximate surface area is 72.8 Å². The van der Waals surface area contributed by atoms with Gasteiger partial charge in [-0.15, -0.1) is 0 Å². The first-order valence-electron chi connectivity index (χ1n) is 1.61. The van der Waals surface area contributed by atoms with Crippen LogP contribution < -0.4 is 35.2 Å². The molecule has 0 saturated carbocycles. The molecule has 4 nitrogen and oxygen atoms in total. The van der Waals surface area contributed by atoms with Crippen molar-refractivity contribution in [2.24, 2.45) is 0 Å². The third-order valence-electron chi connectivity index (χ3n) is 0.479. The van der Waals surface area contributed by atoms with Crippen LogP contribution in [0.1, 0.15) is 0 Å². The van der Waals surface area contributed by atoms with Gasteiger partial charge in [-0.1, -0.05) is 0 Å². The Morgan fingerprint density at radius 1 is 1.62 bits per heavy atom. The van der Waals surface area contributed by atoms with Crippen LogP contribution >= 0.6 is 0 Å². The molecule has 0 aliphatic rings. The van der Waals surface area contributed by atoms with Gasteiger partial charge in [0.2, 0.25) is 0 Å². The van der Waals surface area contributed by atoms with Gasteiger partial charge in [0.1, 0.15) is 0 Å². The molecule has 0 bridgehead atoms. The summed E-state index contributed by atoms with van der Waals surface area (Å²) in [4.78, 5) is 12.3. The summed E-state index contributed by atoms with van der Waals surface area (Å²) in [6.45, 7) is 0. The maximum absolute atomic E-state index is 10.0. The summed E-state index contributed by atoms with van der Waals surface area (Å²) in [6, 6.07) is 0. The van der Waals surface area contributed by atoms with E-state index in [4.69, 9.17) is 0 Å². The molecule has 8 heavy (non-hydrogen) atoms. The van der Waals surface area contributed by atoms with Crippen molar-refractivity contribution >= 4 is 12.6 Å². The zero-order valence-electron chi connectivity index (χ0n) is 4.26. The van der Waals surface area contributed by atoms with Gasteiger partial charge in [0, 0.05) is 5.16 Å². The molecule has 0 unspecified atom stereocenters. The number of rotatable bonds is 0. The second-order valence-corrected chi connectivity index (χ2v) is 1.37. The Balaban J connectivity index is 0.000000490. The summed E-state index contributed by atoms with van der Waals surface area (Å²) in [5, 5.41) is 5.64. The van der Waals surface area contributed by atoms with Crippen LogP contribution in [-0.2, 0) is 12.6 Å². The van der Waals surface area contributed by atoms with Crippen LogP contribution in [0, 0.1) is 0 Å². The molecule has 1 aromatic rings. The smallest absolute Gasteiger partial charge is 0.740 e. The number of aromatic amines is 2. The van der Waals surface area contributed by atoms with E-state index in [2.05, 4.69) is 27.8 Å². The third-order valence-corrected chi connectivity index (χ3v) is 0.673. The van der Waals surface area contributed by atoms with E-state index in [-0.39, 0.29) is 40.4 Å². The van der Waals surface area contributed by atoms with E-state index in [9.17, 15) is 4.79 Å². The molecule has 0 aromatic carbocycles. The Bertz CT molecular complexity index is 205. The molecule has 0 atom stereocenters. The minimum Gasteiger partial charge on any atom is -0.740 e. The molecular weight excluding hydrogens is 137 g/mol. The SMILES string of the molecule is O=c1[nH]nc([S-])[nH]1.[Na+]. The number of aromatic nitrogens is 3. The molecule has 0 amide bonds. The Morgan fingerprint density at radius 3 is 2.38 bits per heavy atom. The number of nitrogens with one attached hydrogen (secondary N) is 2. The largest absolute Gasteiger partial charge is 1.00 e. The van der Waals surface area contributed by atoms with Gasteiger partial charge in [-0.3, -0.25) is 0 Å². The fraction of sp³-hybridized carbons (Fsp3) is 0. The summed E-state index contributed by atoms with van der Waals surface area (Å²) < 4.78 is 0. The first-order chi connectivity index (χ1) is 3.29. The maximum atomic E-state index is 10.0. The van der Waals surface area contributed by atoms with E-state index < -0.39 is 0 Å². The van der Waals surface area contributed by atoms with Crippen molar-refractivity contribution in [1.82, 2.24) is 15.2 Å². The molecule has 1 rings (SSSR count). The molecule has 1 heterocycles. The summed E-state index contributed by atoms with van der Waals surface area (Å²) >= 11 is 4.43. The number of nitrogens with zero attached hydrogens (tertiary/aromatic N) is 1. The first kappa shape index (κ1) is 8.16. The van der Waals surface area contributed by atoms with Gasteiger partial charge in [0.25, 0.3) is 0 Å². The third kappa shape index (κ3) is 1.95. The van der Waals surface area contributed by atoms with Crippen molar-refractivity contribution in [3.05, 3.63) is 10.5 Å². The van der Waals surface area contributed by atoms with Crippen molar-refractivity contribution < 1.29 is 29.6 Å². The number of hydrogen-bond donors (Lipinski definition) is 2. The van der Waals surface area contributed by atoms with Gasteiger partial charge in [0.15, 0.2) is 0 Å². The predicted octanol–water partition coefficient (Wildman–Crippen LogP) is -3.99. The fourth-order valence-corrected chi connectivity index (χ4v) is 0.393. The minimum atomic E-state index is -0.356. The minimum absolute atomic E-state index is 0. The molecule has 6 heteroatoms. The molecule has 0 aliphatic carbocycles. The van der Waals surface area contributed by atoms with Gasteiger partial charge in [-0.25, -0.2) is 9.89 Å². The van der Waals surface area contributed by atoms with Crippen molar-refractivity contribution in [3.63, 3.8) is 0 Å². The number of hydrogen-bond acceptors (Lipinski definition) is 3. The van der Waals surface area contributed by atoms with Crippen LogP contribution in [0.15, 0.2) is 9.95 Å². The second-order valence-electron chi connectivity index (χ2n) is 0.983. The van der Waals surface area contributed by atoms with E-state index in [1.807, 2.05) is 0 Å². The molecule has 0 fully saturated rings. The summed E-state index contributed by atoms with van der Waals surface area (Å²) in [5.41, 5.74) is -0.356. The van der Waals surface area contributed by atoms with Crippen molar-refractivity contribution in [1.29, 1.82) is 0 Å². The average molecular weight is 139 g/mol. The molecular formula is C2H2N3NaOS. The maximum Gasteiger partial charge on any atom is 1.00 e. The summed E-state index contributed by atoms with van der Waals surface area (Å²) in [7, 11) is 0. The van der Waals surface area contributed by atoms with E-state index in [1.54, 1.807) is 0 Å². The van der Waals surface area contributed by atoms with E-state index in [0.717, 1.165) is 0 Å². The van der Waals surface area contributed by atoms with Crippen molar-refractivity contribution in [2.45, 2.75) is 5.16 Å². The molecule has 38 valence electrons. The molecule has 2 N–H and O–H groups in total. The van der Waals surface area contributed by atoms with E-state index >= 15 is 0 Å². The Morgan fingerprint density at radius 2 is 2.25 bits per heavy atom. The fourth-order valence-electron chi connectivity index (χ4n) is 0.255. The molecule has 0 saturated heterocycles. The van der Waals surface area contributed by atoms with Crippen LogP contribution in [0.5, 0.6) is 0 Å². The van der Waals surface area contributed by atoms with Crippen LogP contribution in [-0.4, -0.2) is 15.2 Å². The van der Waals surface area contributed by atoms with E-state index in [1.165, 1.54) is 0 Å². The summed E-state index contributed by atoms with van der Waals surface area (Å²) in [6.07, 6.45) is 0. The molecule has 0 aliphatic heterocycles. The van der Waals surface area contributed by atoms with Gasteiger partial charge >= 0.3 is 35.2 Å². The zero-order valence-corrected chi connectivity index (χ0v) is 7.08. The van der Waals surface area contributed by atoms with Crippen molar-refractivity contribution in [3.8, 4) is 0 Å². The van der Waals surface area contributed by atoms with Gasteiger partial charge < -0.3 is 17.6 Å². The number of H-pyrrole nitrogens is 2.